The maximum Gasteiger partial charge on any atom is 0.232 e. The first kappa shape index (κ1) is 13.1. The first-order valence-electron chi connectivity index (χ1n) is 7.46. The first-order valence-corrected chi connectivity index (χ1v) is 7.46. The summed E-state index contributed by atoms with van der Waals surface area (Å²) in [6.45, 7) is 5.88. The topological polar surface area (TPSA) is 60.2 Å². The Morgan fingerprint density at radius 1 is 1.37 bits per heavy atom. The summed E-state index contributed by atoms with van der Waals surface area (Å²) >= 11 is 0. The van der Waals surface area contributed by atoms with E-state index >= 15 is 0 Å². The van der Waals surface area contributed by atoms with Crippen LogP contribution < -0.4 is 5.32 Å². The van der Waals surface area contributed by atoms with Crippen molar-refractivity contribution in [2.45, 2.75) is 50.4 Å². The van der Waals surface area contributed by atoms with Crippen LogP contribution in [0.4, 0.5) is 0 Å². The molecule has 0 aliphatic carbocycles. The predicted octanol–water partition coefficient (Wildman–Crippen LogP) is 1.99. The summed E-state index contributed by atoms with van der Waals surface area (Å²) in [5, 5.41) is 7.63. The molecular formula is C14H23N3O2. The summed E-state index contributed by atoms with van der Waals surface area (Å²) in [5.41, 5.74) is 0.102. The van der Waals surface area contributed by atoms with Gasteiger partial charge in [-0.1, -0.05) is 18.5 Å². The fourth-order valence-corrected chi connectivity index (χ4v) is 3.31. The maximum atomic E-state index is 5.63. The minimum Gasteiger partial charge on any atom is -0.381 e. The van der Waals surface area contributed by atoms with Crippen LogP contribution in [0, 0.1) is 0 Å². The van der Waals surface area contributed by atoms with Crippen LogP contribution in [-0.4, -0.2) is 36.4 Å². The van der Waals surface area contributed by atoms with E-state index in [0.717, 1.165) is 70.1 Å². The van der Waals surface area contributed by atoms with E-state index in [1.165, 1.54) is 0 Å². The van der Waals surface area contributed by atoms with E-state index in [2.05, 4.69) is 17.4 Å². The van der Waals surface area contributed by atoms with Crippen LogP contribution in [0.3, 0.4) is 0 Å². The number of hydrogen-bond acceptors (Lipinski definition) is 5. The second-order valence-corrected chi connectivity index (χ2v) is 5.80. The monoisotopic (exact) mass is 265 g/mol. The van der Waals surface area contributed by atoms with E-state index in [-0.39, 0.29) is 5.41 Å². The molecule has 19 heavy (non-hydrogen) atoms. The highest BCUT2D eigenvalue weighted by Crippen LogP contribution is 2.37. The molecule has 1 aromatic rings. The molecule has 0 amide bonds. The van der Waals surface area contributed by atoms with E-state index in [1.807, 2.05) is 0 Å². The Balaban J connectivity index is 1.81. The van der Waals surface area contributed by atoms with Crippen molar-refractivity contribution < 1.29 is 9.26 Å². The third-order valence-electron chi connectivity index (χ3n) is 4.48. The fraction of sp³-hybridized carbons (Fsp3) is 0.857. The molecule has 2 aliphatic rings. The molecule has 2 aliphatic heterocycles. The van der Waals surface area contributed by atoms with Crippen LogP contribution in [-0.2, 0) is 10.2 Å². The Hall–Kier alpha value is -0.940. The molecule has 0 saturated carbocycles. The van der Waals surface area contributed by atoms with Crippen molar-refractivity contribution in [2.24, 2.45) is 0 Å². The van der Waals surface area contributed by atoms with Gasteiger partial charge >= 0.3 is 0 Å². The van der Waals surface area contributed by atoms with Gasteiger partial charge in [0.05, 0.1) is 12.0 Å². The zero-order chi connectivity index (χ0) is 13.1. The second kappa shape index (κ2) is 5.59. The van der Waals surface area contributed by atoms with E-state index < -0.39 is 0 Å². The normalized spacial score (nSPS) is 26.7. The van der Waals surface area contributed by atoms with Gasteiger partial charge in [-0.05, 0) is 38.8 Å². The Morgan fingerprint density at radius 3 is 2.89 bits per heavy atom. The van der Waals surface area contributed by atoms with Crippen molar-refractivity contribution in [2.75, 3.05) is 26.3 Å². The highest BCUT2D eigenvalue weighted by Gasteiger charge is 2.39. The minimum atomic E-state index is 0.102. The second-order valence-electron chi connectivity index (χ2n) is 5.80. The van der Waals surface area contributed by atoms with E-state index in [9.17, 15) is 0 Å². The fourth-order valence-electron chi connectivity index (χ4n) is 3.31. The van der Waals surface area contributed by atoms with Gasteiger partial charge in [0.25, 0.3) is 0 Å². The van der Waals surface area contributed by atoms with Gasteiger partial charge in [-0.3, -0.25) is 0 Å². The Kier molecular flexibility index (Phi) is 3.84. The van der Waals surface area contributed by atoms with Crippen LogP contribution in [0.1, 0.15) is 56.7 Å². The van der Waals surface area contributed by atoms with Crippen molar-refractivity contribution in [3.05, 3.63) is 11.7 Å². The molecule has 3 heterocycles. The third-order valence-corrected chi connectivity index (χ3v) is 4.48. The van der Waals surface area contributed by atoms with Gasteiger partial charge in [0.2, 0.25) is 5.89 Å². The Labute approximate surface area is 114 Å². The number of aromatic nitrogens is 2. The SMILES string of the molecule is CCCC1(c2nc(C3CCOC3)no2)CCNCC1. The van der Waals surface area contributed by atoms with Crippen molar-refractivity contribution in [1.82, 2.24) is 15.5 Å². The molecular weight excluding hydrogens is 242 g/mol. The summed E-state index contributed by atoms with van der Waals surface area (Å²) in [4.78, 5) is 4.72. The highest BCUT2D eigenvalue weighted by molar-refractivity contribution is 5.09. The van der Waals surface area contributed by atoms with Gasteiger partial charge in [-0.15, -0.1) is 0 Å². The lowest BCUT2D eigenvalue weighted by Gasteiger charge is -2.34. The van der Waals surface area contributed by atoms with Crippen molar-refractivity contribution in [1.29, 1.82) is 0 Å². The molecule has 1 N–H and O–H groups in total. The molecule has 1 aromatic heterocycles. The van der Waals surface area contributed by atoms with Crippen molar-refractivity contribution in [3.63, 3.8) is 0 Å². The van der Waals surface area contributed by atoms with Gasteiger partial charge in [-0.2, -0.15) is 4.98 Å². The van der Waals surface area contributed by atoms with Gasteiger partial charge in [0.15, 0.2) is 5.82 Å². The molecule has 5 heteroatoms. The lowest BCUT2D eigenvalue weighted by Crippen LogP contribution is -2.40. The minimum absolute atomic E-state index is 0.102. The number of nitrogens with one attached hydrogen (secondary N) is 1. The molecule has 1 atom stereocenters. The molecule has 1 unspecified atom stereocenters. The molecule has 0 spiro atoms. The highest BCUT2D eigenvalue weighted by atomic mass is 16.5. The zero-order valence-corrected chi connectivity index (χ0v) is 11.7. The van der Waals surface area contributed by atoms with Gasteiger partial charge < -0.3 is 14.6 Å². The van der Waals surface area contributed by atoms with Gasteiger partial charge in [-0.25, -0.2) is 0 Å². The summed E-state index contributed by atoms with van der Waals surface area (Å²) in [5.74, 6) is 2.04. The largest absolute Gasteiger partial charge is 0.381 e. The van der Waals surface area contributed by atoms with Crippen LogP contribution in [0.15, 0.2) is 4.52 Å². The molecule has 2 fully saturated rings. The standard InChI is InChI=1S/C14H23N3O2/c1-2-4-14(5-7-15-8-6-14)13-16-12(17-19-13)11-3-9-18-10-11/h11,15H,2-10H2,1H3. The van der Waals surface area contributed by atoms with Crippen molar-refractivity contribution >= 4 is 0 Å². The molecule has 106 valence electrons. The number of rotatable bonds is 4. The van der Waals surface area contributed by atoms with E-state index in [1.54, 1.807) is 0 Å². The van der Waals surface area contributed by atoms with Crippen LogP contribution >= 0.6 is 0 Å². The average Bonchev–Trinajstić information content (AvgIpc) is 3.11. The molecule has 0 bridgehead atoms. The summed E-state index contributed by atoms with van der Waals surface area (Å²) in [6.07, 6.45) is 5.51. The molecule has 5 nitrogen and oxygen atoms in total. The molecule has 2 saturated heterocycles. The molecule has 3 rings (SSSR count). The third kappa shape index (κ3) is 2.54. The van der Waals surface area contributed by atoms with E-state index in [4.69, 9.17) is 14.2 Å². The van der Waals surface area contributed by atoms with Crippen LogP contribution in [0.2, 0.25) is 0 Å². The van der Waals surface area contributed by atoms with Crippen LogP contribution in [0.5, 0.6) is 0 Å². The lowest BCUT2D eigenvalue weighted by atomic mass is 9.75. The Bertz CT molecular complexity index is 401. The molecule has 0 radical (unpaired) electrons. The maximum absolute atomic E-state index is 5.63. The lowest BCUT2D eigenvalue weighted by molar-refractivity contribution is 0.192. The van der Waals surface area contributed by atoms with Crippen LogP contribution in [0.25, 0.3) is 0 Å². The number of piperidine rings is 1. The Morgan fingerprint density at radius 2 is 2.21 bits per heavy atom. The number of ether oxygens (including phenoxy) is 1. The van der Waals surface area contributed by atoms with Gasteiger partial charge in [0.1, 0.15) is 0 Å². The zero-order valence-electron chi connectivity index (χ0n) is 11.7. The van der Waals surface area contributed by atoms with E-state index in [0.29, 0.717) is 5.92 Å². The predicted molar refractivity (Wildman–Crippen MR) is 71.2 cm³/mol. The summed E-state index contributed by atoms with van der Waals surface area (Å²) in [6, 6.07) is 0. The quantitative estimate of drug-likeness (QED) is 0.902. The number of hydrogen-bond donors (Lipinski definition) is 1. The number of nitrogens with zero attached hydrogens (tertiary/aromatic N) is 2. The summed E-state index contributed by atoms with van der Waals surface area (Å²) in [7, 11) is 0. The summed E-state index contributed by atoms with van der Waals surface area (Å²) < 4.78 is 11.0. The van der Waals surface area contributed by atoms with Gasteiger partial charge in [0, 0.05) is 12.5 Å². The molecule has 0 aromatic carbocycles. The average molecular weight is 265 g/mol. The first-order chi connectivity index (χ1) is 9.34. The van der Waals surface area contributed by atoms with Crippen molar-refractivity contribution in [3.8, 4) is 0 Å². The smallest absolute Gasteiger partial charge is 0.232 e.